The summed E-state index contributed by atoms with van der Waals surface area (Å²) in [6, 6.07) is 6.06. The Kier molecular flexibility index (Phi) is 3.58. The zero-order valence-corrected chi connectivity index (χ0v) is 14.8. The van der Waals surface area contributed by atoms with Crippen LogP contribution in [-0.4, -0.2) is 5.91 Å². The summed E-state index contributed by atoms with van der Waals surface area (Å²) in [7, 11) is 0. The van der Waals surface area contributed by atoms with E-state index >= 15 is 0 Å². The second-order valence-corrected chi connectivity index (χ2v) is 7.02. The molecule has 4 rings (SSSR count). The lowest BCUT2D eigenvalue weighted by molar-refractivity contribution is -0.110. The fourth-order valence-electron chi connectivity index (χ4n) is 3.52. The highest BCUT2D eigenvalue weighted by Gasteiger charge is 2.29. The van der Waals surface area contributed by atoms with E-state index in [1.54, 1.807) is 6.08 Å². The van der Waals surface area contributed by atoms with E-state index in [1.165, 1.54) is 0 Å². The molecule has 0 spiro atoms. The van der Waals surface area contributed by atoms with Gasteiger partial charge >= 0.3 is 0 Å². The average Bonchev–Trinajstić information content (AvgIpc) is 3.09. The second kappa shape index (κ2) is 5.64. The molecule has 1 aromatic carbocycles. The van der Waals surface area contributed by atoms with Gasteiger partial charge in [-0.15, -0.1) is 0 Å². The van der Waals surface area contributed by atoms with E-state index in [1.807, 2.05) is 19.1 Å². The van der Waals surface area contributed by atoms with E-state index in [4.69, 9.17) is 4.42 Å². The molecular formula is C19H15BrN2O2. The van der Waals surface area contributed by atoms with Crippen molar-refractivity contribution in [2.45, 2.75) is 32.6 Å². The van der Waals surface area contributed by atoms with E-state index in [-0.39, 0.29) is 5.91 Å². The van der Waals surface area contributed by atoms with Crippen LogP contribution in [0, 0.1) is 18.3 Å². The number of fused-ring (bicyclic) bond motifs is 2. The average molecular weight is 383 g/mol. The number of hydrogen-bond donors (Lipinski definition) is 1. The highest BCUT2D eigenvalue weighted by atomic mass is 79.9. The van der Waals surface area contributed by atoms with Gasteiger partial charge in [0.05, 0.1) is 5.57 Å². The summed E-state index contributed by atoms with van der Waals surface area (Å²) >= 11 is 3.51. The van der Waals surface area contributed by atoms with Gasteiger partial charge in [0, 0.05) is 27.7 Å². The van der Waals surface area contributed by atoms with Crippen molar-refractivity contribution in [3.63, 3.8) is 0 Å². The lowest BCUT2D eigenvalue weighted by Crippen LogP contribution is -2.03. The number of nitrogens with one attached hydrogen (secondary N) is 1. The molecule has 0 fully saturated rings. The maximum atomic E-state index is 12.4. The molecule has 1 amide bonds. The summed E-state index contributed by atoms with van der Waals surface area (Å²) in [5.74, 6) is 1.24. The maximum Gasteiger partial charge on any atom is 0.256 e. The number of benzene rings is 1. The van der Waals surface area contributed by atoms with Crippen molar-refractivity contribution in [3.05, 3.63) is 50.4 Å². The van der Waals surface area contributed by atoms with Crippen LogP contribution >= 0.6 is 15.9 Å². The molecule has 24 heavy (non-hydrogen) atoms. The molecule has 1 aliphatic heterocycles. The van der Waals surface area contributed by atoms with Gasteiger partial charge in [-0.1, -0.05) is 15.9 Å². The zero-order chi connectivity index (χ0) is 16.8. The standard InChI is InChI=1S/C19H15BrN2O2/c1-10-14(20)6-7-15-18(10)12(19(23)22-15)8-17-13(9-21)11-4-2-3-5-16(11)24-17/h6-8H,2-5H2,1H3,(H,22,23). The number of nitriles is 1. The Labute approximate surface area is 148 Å². The van der Waals surface area contributed by atoms with E-state index in [2.05, 4.69) is 27.3 Å². The predicted molar refractivity (Wildman–Crippen MR) is 95.4 cm³/mol. The highest BCUT2D eigenvalue weighted by molar-refractivity contribution is 9.10. The molecule has 5 heteroatoms. The predicted octanol–water partition coefficient (Wildman–Crippen LogP) is 4.59. The van der Waals surface area contributed by atoms with Crippen LogP contribution in [0.2, 0.25) is 0 Å². The molecule has 2 heterocycles. The Bertz CT molecular complexity index is 947. The van der Waals surface area contributed by atoms with Crippen molar-refractivity contribution < 1.29 is 9.21 Å². The molecule has 0 bridgehead atoms. The second-order valence-electron chi connectivity index (χ2n) is 6.17. The number of rotatable bonds is 1. The van der Waals surface area contributed by atoms with Gasteiger partial charge in [-0.3, -0.25) is 4.79 Å². The maximum absolute atomic E-state index is 12.4. The zero-order valence-electron chi connectivity index (χ0n) is 13.2. The van der Waals surface area contributed by atoms with Crippen LogP contribution in [0.3, 0.4) is 0 Å². The fraction of sp³-hybridized carbons (Fsp3) is 0.263. The monoisotopic (exact) mass is 382 g/mol. The van der Waals surface area contributed by atoms with E-state index in [9.17, 15) is 10.1 Å². The summed E-state index contributed by atoms with van der Waals surface area (Å²) in [5.41, 5.74) is 4.79. The summed E-state index contributed by atoms with van der Waals surface area (Å²) in [6.07, 6.45) is 5.61. The molecule has 1 N–H and O–H groups in total. The number of anilines is 1. The Hall–Kier alpha value is -2.32. The number of aryl methyl sites for hydroxylation is 1. The summed E-state index contributed by atoms with van der Waals surface area (Å²) in [4.78, 5) is 12.4. The first-order chi connectivity index (χ1) is 11.6. The van der Waals surface area contributed by atoms with Crippen molar-refractivity contribution >= 4 is 39.2 Å². The molecule has 120 valence electrons. The number of carbonyl (C=O) groups excluding carboxylic acids is 1. The highest BCUT2D eigenvalue weighted by Crippen LogP contribution is 2.40. The number of nitrogens with zero attached hydrogens (tertiary/aromatic N) is 1. The first kappa shape index (κ1) is 15.2. The molecule has 1 aliphatic carbocycles. The smallest absolute Gasteiger partial charge is 0.256 e. The van der Waals surface area contributed by atoms with Gasteiger partial charge in [-0.05, 0) is 50.0 Å². The van der Waals surface area contributed by atoms with Crippen LogP contribution in [0.4, 0.5) is 5.69 Å². The topological polar surface area (TPSA) is 66.0 Å². The third kappa shape index (κ3) is 2.22. The van der Waals surface area contributed by atoms with Crippen molar-refractivity contribution in [1.82, 2.24) is 0 Å². The summed E-state index contributed by atoms with van der Waals surface area (Å²) < 4.78 is 6.88. The van der Waals surface area contributed by atoms with Gasteiger partial charge in [0.25, 0.3) is 5.91 Å². The number of halogens is 1. The number of carbonyl (C=O) groups is 1. The van der Waals surface area contributed by atoms with E-state index in [0.717, 1.165) is 58.3 Å². The van der Waals surface area contributed by atoms with E-state index in [0.29, 0.717) is 16.9 Å². The number of hydrogen-bond acceptors (Lipinski definition) is 3. The SMILES string of the molecule is Cc1c(Br)ccc2c1C(=Cc1oc3c(c1C#N)CCCC3)C(=O)N2. The van der Waals surface area contributed by atoms with Crippen molar-refractivity contribution in [1.29, 1.82) is 5.26 Å². The molecule has 0 saturated carbocycles. The van der Waals surface area contributed by atoms with Gasteiger partial charge in [0.1, 0.15) is 23.2 Å². The van der Waals surface area contributed by atoms with Gasteiger partial charge in [0.2, 0.25) is 0 Å². The summed E-state index contributed by atoms with van der Waals surface area (Å²) in [5, 5.41) is 12.4. The lowest BCUT2D eigenvalue weighted by atomic mass is 9.94. The van der Waals surface area contributed by atoms with Gasteiger partial charge in [0.15, 0.2) is 0 Å². The first-order valence-corrected chi connectivity index (χ1v) is 8.76. The van der Waals surface area contributed by atoms with Crippen molar-refractivity contribution in [3.8, 4) is 6.07 Å². The Balaban J connectivity index is 1.90. The van der Waals surface area contributed by atoms with Crippen LogP contribution in [0.25, 0.3) is 11.6 Å². The molecule has 2 aliphatic rings. The van der Waals surface area contributed by atoms with Crippen LogP contribution in [0.5, 0.6) is 0 Å². The van der Waals surface area contributed by atoms with Crippen molar-refractivity contribution in [2.24, 2.45) is 0 Å². The number of amides is 1. The Morgan fingerprint density at radius 2 is 2.12 bits per heavy atom. The first-order valence-electron chi connectivity index (χ1n) is 7.97. The molecule has 0 unspecified atom stereocenters. The van der Waals surface area contributed by atoms with Crippen LogP contribution in [0.1, 0.15) is 46.6 Å². The molecular weight excluding hydrogens is 368 g/mol. The van der Waals surface area contributed by atoms with Crippen LogP contribution in [-0.2, 0) is 17.6 Å². The van der Waals surface area contributed by atoms with Crippen molar-refractivity contribution in [2.75, 3.05) is 5.32 Å². The molecule has 0 atom stereocenters. The Morgan fingerprint density at radius 3 is 2.92 bits per heavy atom. The third-order valence-electron chi connectivity index (χ3n) is 4.75. The normalized spacial score (nSPS) is 17.4. The van der Waals surface area contributed by atoms with Crippen LogP contribution < -0.4 is 5.32 Å². The van der Waals surface area contributed by atoms with Gasteiger partial charge < -0.3 is 9.73 Å². The number of furan rings is 1. The Morgan fingerprint density at radius 1 is 1.33 bits per heavy atom. The largest absolute Gasteiger partial charge is 0.460 e. The quantitative estimate of drug-likeness (QED) is 0.733. The lowest BCUT2D eigenvalue weighted by Gasteiger charge is -2.07. The molecule has 4 nitrogen and oxygen atoms in total. The minimum absolute atomic E-state index is 0.163. The van der Waals surface area contributed by atoms with Gasteiger partial charge in [-0.2, -0.15) is 5.26 Å². The minimum Gasteiger partial charge on any atom is -0.460 e. The van der Waals surface area contributed by atoms with Crippen LogP contribution in [0.15, 0.2) is 21.0 Å². The molecule has 1 aromatic heterocycles. The molecule has 0 saturated heterocycles. The van der Waals surface area contributed by atoms with Gasteiger partial charge in [-0.25, -0.2) is 0 Å². The minimum atomic E-state index is -0.163. The molecule has 0 radical (unpaired) electrons. The fourth-order valence-corrected chi connectivity index (χ4v) is 3.85. The third-order valence-corrected chi connectivity index (χ3v) is 5.61. The summed E-state index contributed by atoms with van der Waals surface area (Å²) in [6.45, 7) is 1.97. The molecule has 2 aromatic rings. The van der Waals surface area contributed by atoms with E-state index < -0.39 is 0 Å².